The minimum Gasteiger partial charge on any atom is -0.398 e. The summed E-state index contributed by atoms with van der Waals surface area (Å²) in [6.45, 7) is 0. The van der Waals surface area contributed by atoms with Gasteiger partial charge in [0.2, 0.25) is 0 Å². The molecular weight excluding hydrogens is 227 g/mol. The zero-order chi connectivity index (χ0) is 12.3. The molecule has 0 heterocycles. The van der Waals surface area contributed by atoms with Crippen LogP contribution in [0.15, 0.2) is 24.3 Å². The Morgan fingerprint density at radius 3 is 2.25 bits per heavy atom. The van der Waals surface area contributed by atoms with Crippen molar-refractivity contribution in [3.05, 3.63) is 29.8 Å². The van der Waals surface area contributed by atoms with Crippen LogP contribution in [0.1, 0.15) is 10.4 Å². The van der Waals surface area contributed by atoms with Crippen molar-refractivity contribution in [3.8, 4) is 0 Å². The molecule has 0 saturated carbocycles. The van der Waals surface area contributed by atoms with E-state index in [1.54, 1.807) is 0 Å². The summed E-state index contributed by atoms with van der Waals surface area (Å²) in [5.41, 5.74) is 4.95. The van der Waals surface area contributed by atoms with Gasteiger partial charge < -0.3 is 10.5 Å². The summed E-state index contributed by atoms with van der Waals surface area (Å²) < 4.78 is 38.9. The molecule has 0 aliphatic rings. The monoisotopic (exact) mass is 233 g/mol. The van der Waals surface area contributed by atoms with Crippen LogP contribution in [0, 0.1) is 0 Å². The molecule has 0 aliphatic carbocycles. The van der Waals surface area contributed by atoms with Crippen LogP contribution in [0.25, 0.3) is 0 Å². The number of carbonyl (C=O) groups excluding carboxylic acids is 2. The number of hydrogen-bond donors (Lipinski definition) is 1. The van der Waals surface area contributed by atoms with Crippen molar-refractivity contribution >= 4 is 17.6 Å². The van der Waals surface area contributed by atoms with Gasteiger partial charge in [-0.3, -0.25) is 0 Å². The number of carbonyl (C=O) groups is 2. The first-order valence-electron chi connectivity index (χ1n) is 4.00. The number of nitrogen functional groups attached to an aromatic ring is 1. The van der Waals surface area contributed by atoms with Crippen LogP contribution in [-0.4, -0.2) is 18.1 Å². The third kappa shape index (κ3) is 2.72. The molecule has 1 rings (SSSR count). The van der Waals surface area contributed by atoms with Crippen molar-refractivity contribution in [2.45, 2.75) is 6.18 Å². The largest absolute Gasteiger partial charge is 0.491 e. The Kier molecular flexibility index (Phi) is 3.17. The Labute approximate surface area is 87.8 Å². The lowest BCUT2D eigenvalue weighted by atomic mass is 10.2. The molecular formula is C9H6F3NO3. The number of alkyl halides is 3. The Morgan fingerprint density at radius 2 is 1.75 bits per heavy atom. The van der Waals surface area contributed by atoms with Gasteiger partial charge in [-0.2, -0.15) is 13.2 Å². The Bertz CT molecular complexity index is 428. The molecule has 0 fully saturated rings. The number of benzene rings is 1. The molecule has 0 bridgehead atoms. The van der Waals surface area contributed by atoms with Crippen molar-refractivity contribution in [2.24, 2.45) is 0 Å². The molecule has 1 aromatic carbocycles. The van der Waals surface area contributed by atoms with Gasteiger partial charge in [0.25, 0.3) is 0 Å². The molecule has 86 valence electrons. The third-order valence-corrected chi connectivity index (χ3v) is 1.60. The first kappa shape index (κ1) is 12.0. The Hall–Kier alpha value is -2.05. The van der Waals surface area contributed by atoms with Crippen LogP contribution < -0.4 is 5.73 Å². The van der Waals surface area contributed by atoms with Gasteiger partial charge >= 0.3 is 18.1 Å². The average Bonchev–Trinajstić information content (AvgIpc) is 2.16. The fraction of sp³-hybridized carbons (Fsp3) is 0.111. The molecule has 0 spiro atoms. The summed E-state index contributed by atoms with van der Waals surface area (Å²) in [5, 5.41) is 0. The van der Waals surface area contributed by atoms with Crippen LogP contribution >= 0.6 is 0 Å². The molecule has 16 heavy (non-hydrogen) atoms. The zero-order valence-corrected chi connectivity index (χ0v) is 7.75. The maximum atomic E-state index is 11.8. The van der Waals surface area contributed by atoms with E-state index in [0.717, 1.165) is 6.07 Å². The van der Waals surface area contributed by atoms with E-state index in [1.165, 1.54) is 18.2 Å². The standard InChI is InChI=1S/C9H6F3NO3/c10-9(11,12)8(15)16-7(14)5-3-1-2-4-6(5)13/h1-4H,13H2. The SMILES string of the molecule is Nc1ccccc1C(=O)OC(=O)C(F)(F)F. The number of ether oxygens (including phenoxy) is 1. The number of halogens is 3. The number of para-hydroxylation sites is 1. The van der Waals surface area contributed by atoms with Crippen molar-refractivity contribution in [1.82, 2.24) is 0 Å². The maximum absolute atomic E-state index is 11.8. The smallest absolute Gasteiger partial charge is 0.398 e. The van der Waals surface area contributed by atoms with Gasteiger partial charge in [0.15, 0.2) is 0 Å². The summed E-state index contributed by atoms with van der Waals surface area (Å²) in [7, 11) is 0. The van der Waals surface area contributed by atoms with Crippen molar-refractivity contribution in [3.63, 3.8) is 0 Å². The Morgan fingerprint density at radius 1 is 1.19 bits per heavy atom. The number of nitrogens with two attached hydrogens (primary N) is 1. The molecule has 4 nitrogen and oxygen atoms in total. The van der Waals surface area contributed by atoms with Gasteiger partial charge in [-0.05, 0) is 12.1 Å². The first-order chi connectivity index (χ1) is 7.32. The minimum absolute atomic E-state index is 0.0672. The molecule has 7 heteroatoms. The lowest BCUT2D eigenvalue weighted by Crippen LogP contribution is -2.28. The predicted molar refractivity (Wildman–Crippen MR) is 47.3 cm³/mol. The lowest BCUT2D eigenvalue weighted by molar-refractivity contribution is -0.193. The van der Waals surface area contributed by atoms with E-state index < -0.39 is 18.1 Å². The molecule has 1 aromatic rings. The molecule has 0 atom stereocenters. The number of hydrogen-bond acceptors (Lipinski definition) is 4. The van der Waals surface area contributed by atoms with Gasteiger partial charge in [-0.15, -0.1) is 0 Å². The van der Waals surface area contributed by atoms with Crippen molar-refractivity contribution in [2.75, 3.05) is 5.73 Å². The molecule has 2 N–H and O–H groups in total. The van der Waals surface area contributed by atoms with E-state index in [4.69, 9.17) is 5.73 Å². The van der Waals surface area contributed by atoms with Gasteiger partial charge in [0, 0.05) is 5.69 Å². The molecule has 0 radical (unpaired) electrons. The summed E-state index contributed by atoms with van der Waals surface area (Å²) in [6.07, 6.45) is -5.21. The van der Waals surface area contributed by atoms with Crippen LogP contribution in [0.4, 0.5) is 18.9 Å². The van der Waals surface area contributed by atoms with Crippen LogP contribution in [0.2, 0.25) is 0 Å². The molecule has 0 aromatic heterocycles. The summed E-state index contributed by atoms with van der Waals surface area (Å²) in [4.78, 5) is 21.5. The van der Waals surface area contributed by atoms with Crippen molar-refractivity contribution in [1.29, 1.82) is 0 Å². The highest BCUT2D eigenvalue weighted by molar-refractivity contribution is 6.01. The van der Waals surface area contributed by atoms with Crippen LogP contribution in [0.3, 0.4) is 0 Å². The van der Waals surface area contributed by atoms with Gasteiger partial charge in [-0.25, -0.2) is 9.59 Å². The molecule has 0 saturated heterocycles. The first-order valence-corrected chi connectivity index (χ1v) is 4.00. The lowest BCUT2D eigenvalue weighted by Gasteiger charge is -2.06. The van der Waals surface area contributed by atoms with E-state index in [9.17, 15) is 22.8 Å². The van der Waals surface area contributed by atoms with Gasteiger partial charge in [-0.1, -0.05) is 12.1 Å². The van der Waals surface area contributed by atoms with E-state index in [0.29, 0.717) is 0 Å². The van der Waals surface area contributed by atoms with E-state index in [1.807, 2.05) is 0 Å². The normalized spacial score (nSPS) is 10.9. The molecule has 0 unspecified atom stereocenters. The number of esters is 2. The van der Waals surface area contributed by atoms with Crippen LogP contribution in [-0.2, 0) is 9.53 Å². The molecule has 0 aliphatic heterocycles. The van der Waals surface area contributed by atoms with E-state index >= 15 is 0 Å². The topological polar surface area (TPSA) is 69.4 Å². The number of anilines is 1. The van der Waals surface area contributed by atoms with E-state index in [-0.39, 0.29) is 11.3 Å². The summed E-state index contributed by atoms with van der Waals surface area (Å²) in [5.74, 6) is -4.00. The van der Waals surface area contributed by atoms with Crippen molar-refractivity contribution < 1.29 is 27.5 Å². The fourth-order valence-corrected chi connectivity index (χ4v) is 0.880. The van der Waals surface area contributed by atoms with Gasteiger partial charge in [0.1, 0.15) is 0 Å². The third-order valence-electron chi connectivity index (χ3n) is 1.60. The minimum atomic E-state index is -5.21. The molecule has 0 amide bonds. The van der Waals surface area contributed by atoms with Gasteiger partial charge in [0.05, 0.1) is 5.56 Å². The fourth-order valence-electron chi connectivity index (χ4n) is 0.880. The highest BCUT2D eigenvalue weighted by Gasteiger charge is 2.42. The quantitative estimate of drug-likeness (QED) is 0.453. The van der Waals surface area contributed by atoms with E-state index in [2.05, 4.69) is 4.74 Å². The summed E-state index contributed by atoms with van der Waals surface area (Å²) >= 11 is 0. The van der Waals surface area contributed by atoms with Crippen LogP contribution in [0.5, 0.6) is 0 Å². The second-order valence-electron chi connectivity index (χ2n) is 2.76. The number of rotatable bonds is 1. The maximum Gasteiger partial charge on any atom is 0.491 e. The highest BCUT2D eigenvalue weighted by Crippen LogP contribution is 2.19. The predicted octanol–water partition coefficient (Wildman–Crippen LogP) is 1.51. The zero-order valence-electron chi connectivity index (χ0n) is 7.75. The highest BCUT2D eigenvalue weighted by atomic mass is 19.4. The Balaban J connectivity index is 2.82. The second-order valence-corrected chi connectivity index (χ2v) is 2.76. The second kappa shape index (κ2) is 4.21. The summed E-state index contributed by atoms with van der Waals surface area (Å²) in [6, 6.07) is 5.32. The average molecular weight is 233 g/mol.